The van der Waals surface area contributed by atoms with Crippen LogP contribution in [0.15, 0.2) is 47.4 Å². The van der Waals surface area contributed by atoms with Crippen LogP contribution in [-0.2, 0) is 11.3 Å². The van der Waals surface area contributed by atoms with Gasteiger partial charge in [0.25, 0.3) is 5.56 Å². The third kappa shape index (κ3) is 4.84. The number of ether oxygens (including phenoxy) is 1. The highest BCUT2D eigenvalue weighted by atomic mass is 16.5. The van der Waals surface area contributed by atoms with Gasteiger partial charge in [0.2, 0.25) is 0 Å². The van der Waals surface area contributed by atoms with E-state index in [1.807, 2.05) is 37.3 Å². The molecule has 0 fully saturated rings. The summed E-state index contributed by atoms with van der Waals surface area (Å²) in [6, 6.07) is 11.1. The Bertz CT molecular complexity index is 755. The zero-order valence-corrected chi connectivity index (χ0v) is 12.2. The molecule has 0 unspecified atom stereocenters. The number of alkyl carbamates (subject to hydrolysis) is 1. The Balaban J connectivity index is 1.79. The molecule has 0 saturated heterocycles. The van der Waals surface area contributed by atoms with Crippen molar-refractivity contribution in [2.45, 2.75) is 13.5 Å². The molecular formula is C17H16N2O3. The molecule has 0 atom stereocenters. The lowest BCUT2D eigenvalue weighted by atomic mass is 10.2. The third-order valence-electron chi connectivity index (χ3n) is 2.80. The minimum Gasteiger partial charge on any atom is -0.445 e. The van der Waals surface area contributed by atoms with E-state index in [1.54, 1.807) is 12.3 Å². The van der Waals surface area contributed by atoms with Gasteiger partial charge in [-0.2, -0.15) is 0 Å². The van der Waals surface area contributed by atoms with E-state index >= 15 is 0 Å². The molecule has 1 heterocycles. The first-order valence-electron chi connectivity index (χ1n) is 6.78. The highest BCUT2D eigenvalue weighted by molar-refractivity contribution is 5.67. The fourth-order valence-electron chi connectivity index (χ4n) is 1.71. The van der Waals surface area contributed by atoms with Crippen molar-refractivity contribution in [1.82, 2.24) is 10.3 Å². The number of rotatable bonds is 3. The summed E-state index contributed by atoms with van der Waals surface area (Å²) in [6.07, 6.45) is 1.07. The molecule has 5 heteroatoms. The number of amides is 1. The van der Waals surface area contributed by atoms with Crippen LogP contribution in [0.3, 0.4) is 0 Å². The van der Waals surface area contributed by atoms with Gasteiger partial charge in [0.05, 0.1) is 12.1 Å². The summed E-state index contributed by atoms with van der Waals surface area (Å²) in [7, 11) is 0. The van der Waals surface area contributed by atoms with Crippen molar-refractivity contribution >= 4 is 6.09 Å². The van der Waals surface area contributed by atoms with Gasteiger partial charge in [-0.1, -0.05) is 42.2 Å². The number of nitrogens with one attached hydrogen (secondary N) is 2. The second-order valence-electron chi connectivity index (χ2n) is 4.64. The second kappa shape index (κ2) is 7.70. The van der Waals surface area contributed by atoms with Crippen LogP contribution >= 0.6 is 0 Å². The average molecular weight is 296 g/mol. The molecule has 2 aromatic rings. The molecule has 112 valence electrons. The summed E-state index contributed by atoms with van der Waals surface area (Å²) in [5, 5.41) is 2.51. The summed E-state index contributed by atoms with van der Waals surface area (Å²) >= 11 is 0. The minimum absolute atomic E-state index is 0.112. The molecule has 0 radical (unpaired) electrons. The summed E-state index contributed by atoms with van der Waals surface area (Å²) in [5.41, 5.74) is 1.96. The van der Waals surface area contributed by atoms with Crippen molar-refractivity contribution < 1.29 is 9.53 Å². The number of hydrogen-bond acceptors (Lipinski definition) is 3. The SMILES string of the molecule is Cc1c[nH]c(=O)c(C#CCNC(=O)OCc2ccccc2)c1. The first-order valence-corrected chi connectivity index (χ1v) is 6.78. The lowest BCUT2D eigenvalue weighted by Gasteiger charge is -2.04. The molecule has 1 aromatic carbocycles. The zero-order valence-electron chi connectivity index (χ0n) is 12.2. The number of H-pyrrole nitrogens is 1. The number of aromatic nitrogens is 1. The van der Waals surface area contributed by atoms with Gasteiger partial charge in [0, 0.05) is 6.20 Å². The number of aromatic amines is 1. The normalized spacial score (nSPS) is 9.50. The van der Waals surface area contributed by atoms with E-state index in [9.17, 15) is 9.59 Å². The molecule has 5 nitrogen and oxygen atoms in total. The fraction of sp³-hybridized carbons (Fsp3) is 0.176. The van der Waals surface area contributed by atoms with Crippen molar-refractivity contribution in [3.8, 4) is 11.8 Å². The van der Waals surface area contributed by atoms with Crippen molar-refractivity contribution in [2.75, 3.05) is 6.54 Å². The number of carbonyl (C=O) groups is 1. The van der Waals surface area contributed by atoms with Crippen LogP contribution in [0.1, 0.15) is 16.7 Å². The van der Waals surface area contributed by atoms with Crippen molar-refractivity contribution in [1.29, 1.82) is 0 Å². The van der Waals surface area contributed by atoms with E-state index in [4.69, 9.17) is 4.74 Å². The number of pyridine rings is 1. The topological polar surface area (TPSA) is 71.2 Å². The van der Waals surface area contributed by atoms with E-state index in [0.29, 0.717) is 5.56 Å². The maximum atomic E-state index is 11.5. The molecule has 0 aliphatic carbocycles. The maximum Gasteiger partial charge on any atom is 0.408 e. The van der Waals surface area contributed by atoms with Gasteiger partial charge in [-0.15, -0.1) is 0 Å². The lowest BCUT2D eigenvalue weighted by molar-refractivity contribution is 0.141. The van der Waals surface area contributed by atoms with Gasteiger partial charge in [-0.3, -0.25) is 4.79 Å². The van der Waals surface area contributed by atoms with Crippen LogP contribution in [0.4, 0.5) is 4.79 Å². The monoisotopic (exact) mass is 296 g/mol. The van der Waals surface area contributed by atoms with E-state index in [2.05, 4.69) is 22.1 Å². The highest BCUT2D eigenvalue weighted by Gasteiger charge is 2.00. The molecule has 0 aliphatic heterocycles. The lowest BCUT2D eigenvalue weighted by Crippen LogP contribution is -2.24. The zero-order chi connectivity index (χ0) is 15.8. The number of benzene rings is 1. The first kappa shape index (κ1) is 15.4. The standard InChI is InChI=1S/C17H16N2O3/c1-13-10-15(16(20)19-11-13)8-5-9-18-17(21)22-12-14-6-3-2-4-7-14/h2-4,6-7,10-11H,9,12H2,1H3,(H,18,21)(H,19,20). The molecular weight excluding hydrogens is 280 g/mol. The largest absolute Gasteiger partial charge is 0.445 e. The highest BCUT2D eigenvalue weighted by Crippen LogP contribution is 2.00. The van der Waals surface area contributed by atoms with Crippen LogP contribution in [0.25, 0.3) is 0 Å². The van der Waals surface area contributed by atoms with Crippen LogP contribution in [0, 0.1) is 18.8 Å². The third-order valence-corrected chi connectivity index (χ3v) is 2.80. The van der Waals surface area contributed by atoms with Crippen molar-refractivity contribution in [2.24, 2.45) is 0 Å². The van der Waals surface area contributed by atoms with Crippen LogP contribution in [0.2, 0.25) is 0 Å². The van der Waals surface area contributed by atoms with Gasteiger partial charge in [-0.05, 0) is 24.1 Å². The molecule has 1 aromatic heterocycles. The summed E-state index contributed by atoms with van der Waals surface area (Å²) in [5.74, 6) is 5.44. The molecule has 0 aliphatic rings. The maximum absolute atomic E-state index is 11.5. The van der Waals surface area contributed by atoms with Crippen molar-refractivity contribution in [3.05, 3.63) is 69.6 Å². The van der Waals surface area contributed by atoms with E-state index in [-0.39, 0.29) is 18.7 Å². The number of carbonyl (C=O) groups excluding carboxylic acids is 1. The van der Waals surface area contributed by atoms with Gasteiger partial charge in [0.15, 0.2) is 0 Å². The Labute approximate surface area is 128 Å². The first-order chi connectivity index (χ1) is 10.6. The molecule has 0 bridgehead atoms. The van der Waals surface area contributed by atoms with Gasteiger partial charge in [-0.25, -0.2) is 4.79 Å². The molecule has 2 N–H and O–H groups in total. The Kier molecular flexibility index (Phi) is 5.38. The van der Waals surface area contributed by atoms with E-state index in [0.717, 1.165) is 11.1 Å². The molecule has 1 amide bonds. The van der Waals surface area contributed by atoms with Crippen molar-refractivity contribution in [3.63, 3.8) is 0 Å². The Morgan fingerprint density at radius 2 is 2.09 bits per heavy atom. The predicted octanol–water partition coefficient (Wildman–Crippen LogP) is 1.96. The summed E-state index contributed by atoms with van der Waals surface area (Å²) in [6.45, 7) is 2.18. The van der Waals surface area contributed by atoms with E-state index in [1.165, 1.54) is 0 Å². The molecule has 2 rings (SSSR count). The quantitative estimate of drug-likeness (QED) is 0.851. The smallest absolute Gasteiger partial charge is 0.408 e. The summed E-state index contributed by atoms with van der Waals surface area (Å²) in [4.78, 5) is 25.6. The Morgan fingerprint density at radius 3 is 2.86 bits per heavy atom. The number of aryl methyl sites for hydroxylation is 1. The van der Waals surface area contributed by atoms with Gasteiger partial charge in [0.1, 0.15) is 6.61 Å². The van der Waals surface area contributed by atoms with Gasteiger partial charge >= 0.3 is 6.09 Å². The molecule has 0 saturated carbocycles. The second-order valence-corrected chi connectivity index (χ2v) is 4.64. The van der Waals surface area contributed by atoms with Crippen LogP contribution in [-0.4, -0.2) is 17.6 Å². The Morgan fingerprint density at radius 1 is 1.32 bits per heavy atom. The van der Waals surface area contributed by atoms with Crippen LogP contribution < -0.4 is 10.9 Å². The minimum atomic E-state index is -0.545. The average Bonchev–Trinajstić information content (AvgIpc) is 2.53. The van der Waals surface area contributed by atoms with E-state index < -0.39 is 6.09 Å². The Hall–Kier alpha value is -3.00. The molecule has 22 heavy (non-hydrogen) atoms. The van der Waals surface area contributed by atoms with Gasteiger partial charge < -0.3 is 15.0 Å². The fourth-order valence-corrected chi connectivity index (χ4v) is 1.71. The summed E-state index contributed by atoms with van der Waals surface area (Å²) < 4.78 is 5.04. The number of hydrogen-bond donors (Lipinski definition) is 2. The molecule has 0 spiro atoms. The predicted molar refractivity (Wildman–Crippen MR) is 83.3 cm³/mol. The van der Waals surface area contributed by atoms with Crippen LogP contribution in [0.5, 0.6) is 0 Å².